The van der Waals surface area contributed by atoms with E-state index in [0.29, 0.717) is 39.5 Å². The predicted molar refractivity (Wildman–Crippen MR) is 294 cm³/mol. The standard InChI is InChI=1S/2C11H15N3OS.2C8H9N3S.8CH4/c2*1-2-15-8-7-14(12)11-13-9-5-3-4-6-10(9)16-11;2*1-11(9)8-10-6-4-2-3-5-7(6)12-8;;;;;;;;/h2*3-6H,2,7-8,12H2,1H3;2*2-5H,9H2,1H3;8*1H4. The highest BCUT2D eigenvalue weighted by atomic mass is 32.1. The van der Waals surface area contributed by atoms with Crippen LogP contribution in [0.25, 0.3) is 40.9 Å². The van der Waals surface area contributed by atoms with Gasteiger partial charge in [-0.3, -0.25) is 20.0 Å². The van der Waals surface area contributed by atoms with Gasteiger partial charge in [-0.05, 0) is 62.4 Å². The van der Waals surface area contributed by atoms with Gasteiger partial charge in [0.15, 0.2) is 0 Å². The predicted octanol–water partition coefficient (Wildman–Crippen LogP) is 12.3. The highest BCUT2D eigenvalue weighted by Gasteiger charge is 2.09. The van der Waals surface area contributed by atoms with E-state index < -0.39 is 0 Å². The fourth-order valence-electron chi connectivity index (χ4n) is 4.79. The molecule has 0 radical (unpaired) electrons. The molecule has 0 unspecified atom stereocenters. The lowest BCUT2D eigenvalue weighted by molar-refractivity contribution is 0.153. The summed E-state index contributed by atoms with van der Waals surface area (Å²) in [4.78, 5) is 17.6. The molecule has 0 aliphatic carbocycles. The Hall–Kier alpha value is -4.60. The second-order valence-corrected chi connectivity index (χ2v) is 15.9. The Morgan fingerprint density at radius 3 is 0.875 bits per heavy atom. The lowest BCUT2D eigenvalue weighted by Crippen LogP contribution is -2.34. The monoisotopic (exact) mass is 961 g/mol. The SMILES string of the molecule is C.C.C.C.C.C.C.C.CCOCCN(N)c1nc2ccccc2s1.CCOCCN(N)c1nc2ccccc2s1.CN(N)c1nc2ccccc2s1.CN(N)c1nc2ccccc2s1. The number of hydrogen-bond donors (Lipinski definition) is 4. The molecule has 18 heteroatoms. The van der Waals surface area contributed by atoms with Gasteiger partial charge in [-0.2, -0.15) is 0 Å². The number of para-hydroxylation sites is 4. The number of ether oxygens (including phenoxy) is 2. The van der Waals surface area contributed by atoms with Crippen molar-refractivity contribution in [1.82, 2.24) is 19.9 Å². The lowest BCUT2D eigenvalue weighted by Gasteiger charge is -2.14. The van der Waals surface area contributed by atoms with Crippen molar-refractivity contribution in [3.63, 3.8) is 0 Å². The van der Waals surface area contributed by atoms with E-state index in [2.05, 4.69) is 19.9 Å². The number of thiazole rings is 4. The summed E-state index contributed by atoms with van der Waals surface area (Å²) in [6, 6.07) is 32.1. The second-order valence-electron chi connectivity index (χ2n) is 11.9. The molecule has 0 amide bonds. The van der Waals surface area contributed by atoms with Crippen molar-refractivity contribution in [2.45, 2.75) is 73.3 Å². The molecule has 0 atom stereocenters. The first-order chi connectivity index (χ1) is 27.2. The minimum absolute atomic E-state index is 0. The summed E-state index contributed by atoms with van der Waals surface area (Å²) in [5.41, 5.74) is 4.01. The van der Waals surface area contributed by atoms with Gasteiger partial charge in [0, 0.05) is 27.3 Å². The third-order valence-corrected chi connectivity index (χ3v) is 12.0. The highest BCUT2D eigenvalue weighted by molar-refractivity contribution is 7.23. The molecule has 8 aromatic rings. The number of hydrogen-bond acceptors (Lipinski definition) is 18. The molecule has 0 aliphatic heterocycles. The summed E-state index contributed by atoms with van der Waals surface area (Å²) in [7, 11) is 3.58. The van der Waals surface area contributed by atoms with Crippen LogP contribution in [0.5, 0.6) is 0 Å². The number of anilines is 4. The second kappa shape index (κ2) is 33.8. The van der Waals surface area contributed by atoms with E-state index in [1.807, 2.05) is 111 Å². The fourth-order valence-corrected chi connectivity index (χ4v) is 8.32. The smallest absolute Gasteiger partial charge is 0.200 e. The normalized spacial score (nSPS) is 9.38. The lowest BCUT2D eigenvalue weighted by atomic mass is 10.3. The zero-order valence-electron chi connectivity index (χ0n) is 31.8. The van der Waals surface area contributed by atoms with E-state index >= 15 is 0 Å². The first kappa shape index (κ1) is 66.0. The van der Waals surface area contributed by atoms with Crippen molar-refractivity contribution in [2.75, 3.05) is 73.6 Å². The van der Waals surface area contributed by atoms with E-state index in [1.165, 1.54) is 19.4 Å². The molecule has 14 nitrogen and oxygen atoms in total. The van der Waals surface area contributed by atoms with E-state index in [-0.39, 0.29) is 59.4 Å². The van der Waals surface area contributed by atoms with E-state index in [1.54, 1.807) is 69.5 Å². The zero-order chi connectivity index (χ0) is 39.9. The van der Waals surface area contributed by atoms with Crippen LogP contribution < -0.4 is 43.4 Å². The van der Waals surface area contributed by atoms with Crippen molar-refractivity contribution in [3.8, 4) is 0 Å². The van der Waals surface area contributed by atoms with Crippen LogP contribution in [0, 0.1) is 0 Å². The number of aromatic nitrogens is 4. The van der Waals surface area contributed by atoms with Gasteiger partial charge in [0.2, 0.25) is 20.5 Å². The van der Waals surface area contributed by atoms with E-state index in [4.69, 9.17) is 32.8 Å². The van der Waals surface area contributed by atoms with Crippen LogP contribution in [0.2, 0.25) is 0 Å². The summed E-state index contributed by atoms with van der Waals surface area (Å²) in [6.07, 6.45) is 0. The van der Waals surface area contributed by atoms with Crippen LogP contribution in [0.4, 0.5) is 20.5 Å². The Labute approximate surface area is 401 Å². The first-order valence-electron chi connectivity index (χ1n) is 17.8. The van der Waals surface area contributed by atoms with Crippen LogP contribution in [-0.4, -0.2) is 73.5 Å². The van der Waals surface area contributed by atoms with Gasteiger partial charge >= 0.3 is 0 Å². The Bertz CT molecular complexity index is 2070. The minimum Gasteiger partial charge on any atom is -0.380 e. The molecule has 8 N–H and O–H groups in total. The van der Waals surface area contributed by atoms with E-state index in [0.717, 1.165) is 52.0 Å². The molecule has 8 rings (SSSR count). The Morgan fingerprint density at radius 2 is 0.641 bits per heavy atom. The number of hydrazine groups is 4. The third kappa shape index (κ3) is 19.2. The maximum absolute atomic E-state index is 5.90. The molecule has 4 aromatic carbocycles. The Morgan fingerprint density at radius 1 is 0.406 bits per heavy atom. The molecule has 4 aromatic heterocycles. The van der Waals surface area contributed by atoms with Crippen LogP contribution in [0.1, 0.15) is 73.3 Å². The number of nitrogens with two attached hydrogens (primary N) is 4. The summed E-state index contributed by atoms with van der Waals surface area (Å²) >= 11 is 6.39. The molecule has 360 valence electrons. The van der Waals surface area contributed by atoms with Crippen molar-refractivity contribution in [2.24, 2.45) is 23.4 Å². The highest BCUT2D eigenvalue weighted by Crippen LogP contribution is 2.29. The topological polar surface area (TPSA) is 187 Å². The largest absolute Gasteiger partial charge is 0.380 e. The molecule has 0 spiro atoms. The molecule has 0 saturated carbocycles. The van der Waals surface area contributed by atoms with Crippen molar-refractivity contribution < 1.29 is 9.47 Å². The summed E-state index contributed by atoms with van der Waals surface area (Å²) < 4.78 is 15.2. The third-order valence-electron chi connectivity index (χ3n) is 7.59. The van der Waals surface area contributed by atoms with Crippen LogP contribution >= 0.6 is 45.3 Å². The van der Waals surface area contributed by atoms with Gasteiger partial charge in [0.1, 0.15) is 0 Å². The van der Waals surface area contributed by atoms with Gasteiger partial charge in [0.05, 0.1) is 67.2 Å². The zero-order valence-corrected chi connectivity index (χ0v) is 35.1. The average molecular weight is 961 g/mol. The maximum atomic E-state index is 5.90. The molecule has 4 heterocycles. The van der Waals surface area contributed by atoms with Gasteiger partial charge < -0.3 is 9.47 Å². The molecule has 0 bridgehead atoms. The quantitative estimate of drug-likeness (QED) is 0.0514. The summed E-state index contributed by atoms with van der Waals surface area (Å²) in [6.45, 7) is 7.95. The van der Waals surface area contributed by atoms with Gasteiger partial charge in [0.25, 0.3) is 0 Å². The van der Waals surface area contributed by atoms with Gasteiger partial charge in [-0.25, -0.2) is 43.3 Å². The molecule has 0 saturated heterocycles. The van der Waals surface area contributed by atoms with Crippen molar-refractivity contribution >= 4 is 107 Å². The molecular formula is C46H80N12O2S4. The van der Waals surface area contributed by atoms with Crippen molar-refractivity contribution in [3.05, 3.63) is 97.1 Å². The van der Waals surface area contributed by atoms with Gasteiger partial charge in [-0.15, -0.1) is 0 Å². The van der Waals surface area contributed by atoms with Crippen LogP contribution in [-0.2, 0) is 9.47 Å². The fraction of sp³-hybridized carbons (Fsp3) is 0.391. The molecule has 0 aliphatic rings. The van der Waals surface area contributed by atoms with Crippen LogP contribution in [0.15, 0.2) is 97.1 Å². The number of nitrogens with zero attached hydrogens (tertiary/aromatic N) is 8. The minimum atomic E-state index is 0. The molecule has 0 fully saturated rings. The number of benzene rings is 4. The Kier molecular flexibility index (Phi) is 34.9. The first-order valence-corrected chi connectivity index (χ1v) is 21.0. The van der Waals surface area contributed by atoms with Crippen molar-refractivity contribution in [1.29, 1.82) is 0 Å². The number of fused-ring (bicyclic) bond motifs is 4. The molecule has 64 heavy (non-hydrogen) atoms. The summed E-state index contributed by atoms with van der Waals surface area (Å²) in [5.74, 6) is 22.9. The summed E-state index contributed by atoms with van der Waals surface area (Å²) in [5, 5.41) is 9.70. The number of rotatable bonds is 12. The van der Waals surface area contributed by atoms with E-state index in [9.17, 15) is 0 Å². The van der Waals surface area contributed by atoms with Gasteiger partial charge in [-0.1, -0.05) is 153 Å². The van der Waals surface area contributed by atoms with Crippen LogP contribution in [0.3, 0.4) is 0 Å². The Balaban J connectivity index is -0.000000362. The maximum Gasteiger partial charge on any atom is 0.200 e. The molecular weight excluding hydrogens is 881 g/mol. The average Bonchev–Trinajstić information content (AvgIpc) is 4.03.